The van der Waals surface area contributed by atoms with Gasteiger partial charge >= 0.3 is 0 Å². The standard InChI is InChI=1S/C22H26ClN3O3S/c1-5-25(6-2)14-16-12-18(8-10-22(16)27)26(30(4,28)29)21-11-15(3)24-20-13-17(23)7-9-19(20)21/h7-13,27H,5-6,14H2,1-4H3. The molecule has 0 saturated heterocycles. The molecule has 160 valence electrons. The van der Waals surface area contributed by atoms with Crippen LogP contribution in [0.25, 0.3) is 10.9 Å². The second-order valence-corrected chi connectivity index (χ2v) is 9.51. The molecule has 2 aromatic carbocycles. The zero-order chi connectivity index (χ0) is 22.1. The first-order valence-corrected chi connectivity index (χ1v) is 12.0. The summed E-state index contributed by atoms with van der Waals surface area (Å²) < 4.78 is 27.1. The summed E-state index contributed by atoms with van der Waals surface area (Å²) in [6.45, 7) is 8.08. The van der Waals surface area contributed by atoms with Crippen LogP contribution in [-0.4, -0.2) is 42.8 Å². The van der Waals surface area contributed by atoms with Crippen molar-refractivity contribution in [2.24, 2.45) is 0 Å². The lowest BCUT2D eigenvalue weighted by atomic mass is 10.1. The van der Waals surface area contributed by atoms with Crippen molar-refractivity contribution in [2.45, 2.75) is 27.3 Å². The van der Waals surface area contributed by atoms with Crippen LogP contribution >= 0.6 is 11.6 Å². The summed E-state index contributed by atoms with van der Waals surface area (Å²) in [5, 5.41) is 11.6. The van der Waals surface area contributed by atoms with Crippen LogP contribution in [-0.2, 0) is 16.6 Å². The zero-order valence-corrected chi connectivity index (χ0v) is 19.1. The molecule has 0 unspecified atom stereocenters. The number of sulfonamides is 1. The van der Waals surface area contributed by atoms with Crippen molar-refractivity contribution in [2.75, 3.05) is 23.7 Å². The highest BCUT2D eigenvalue weighted by Crippen LogP contribution is 2.37. The Bertz CT molecular complexity index is 1170. The number of phenolic OH excluding ortho intramolecular Hbond substituents is 1. The highest BCUT2D eigenvalue weighted by molar-refractivity contribution is 7.92. The van der Waals surface area contributed by atoms with Crippen molar-refractivity contribution in [3.63, 3.8) is 0 Å². The van der Waals surface area contributed by atoms with Crippen LogP contribution in [0.5, 0.6) is 5.75 Å². The molecular formula is C22H26ClN3O3S. The van der Waals surface area contributed by atoms with E-state index in [1.165, 1.54) is 10.6 Å². The van der Waals surface area contributed by atoms with Crippen molar-refractivity contribution in [1.82, 2.24) is 9.88 Å². The third kappa shape index (κ3) is 4.69. The van der Waals surface area contributed by atoms with E-state index in [9.17, 15) is 13.5 Å². The lowest BCUT2D eigenvalue weighted by molar-refractivity contribution is 0.291. The lowest BCUT2D eigenvalue weighted by Gasteiger charge is -2.26. The maximum atomic E-state index is 12.9. The zero-order valence-electron chi connectivity index (χ0n) is 17.6. The fourth-order valence-electron chi connectivity index (χ4n) is 3.50. The molecule has 3 aromatic rings. The van der Waals surface area contributed by atoms with E-state index >= 15 is 0 Å². The van der Waals surface area contributed by atoms with Gasteiger partial charge < -0.3 is 5.11 Å². The Labute approximate surface area is 182 Å². The quantitative estimate of drug-likeness (QED) is 0.560. The molecule has 8 heteroatoms. The molecule has 30 heavy (non-hydrogen) atoms. The SMILES string of the molecule is CCN(CC)Cc1cc(N(c2cc(C)nc3cc(Cl)ccc23)S(C)(=O)=O)ccc1O. The van der Waals surface area contributed by atoms with Crippen molar-refractivity contribution in [3.8, 4) is 5.75 Å². The van der Waals surface area contributed by atoms with E-state index in [1.54, 1.807) is 42.5 Å². The Morgan fingerprint density at radius 3 is 2.40 bits per heavy atom. The molecule has 0 bridgehead atoms. The van der Waals surface area contributed by atoms with Crippen molar-refractivity contribution >= 4 is 43.9 Å². The Hall–Kier alpha value is -2.35. The van der Waals surface area contributed by atoms with E-state index < -0.39 is 10.0 Å². The third-order valence-electron chi connectivity index (χ3n) is 5.01. The van der Waals surface area contributed by atoms with Gasteiger partial charge in [0.1, 0.15) is 5.75 Å². The Balaban J connectivity index is 2.22. The average molecular weight is 448 g/mol. The number of aryl methyl sites for hydroxylation is 1. The molecule has 0 aliphatic rings. The number of phenols is 1. The van der Waals surface area contributed by atoms with E-state index in [-0.39, 0.29) is 5.75 Å². The minimum atomic E-state index is -3.68. The molecule has 0 atom stereocenters. The van der Waals surface area contributed by atoms with Crippen molar-refractivity contribution < 1.29 is 13.5 Å². The Morgan fingerprint density at radius 1 is 1.07 bits per heavy atom. The van der Waals surface area contributed by atoms with Gasteiger partial charge in [-0.2, -0.15) is 0 Å². The summed E-state index contributed by atoms with van der Waals surface area (Å²) >= 11 is 6.12. The van der Waals surface area contributed by atoms with Gasteiger partial charge in [0.05, 0.1) is 23.1 Å². The molecule has 1 aromatic heterocycles. The van der Waals surface area contributed by atoms with Gasteiger partial charge in [0.15, 0.2) is 0 Å². The van der Waals surface area contributed by atoms with Crippen LogP contribution in [0.4, 0.5) is 11.4 Å². The average Bonchev–Trinajstić information content (AvgIpc) is 2.66. The molecule has 0 aliphatic heterocycles. The van der Waals surface area contributed by atoms with Gasteiger partial charge in [-0.25, -0.2) is 12.7 Å². The maximum Gasteiger partial charge on any atom is 0.236 e. The summed E-state index contributed by atoms with van der Waals surface area (Å²) in [7, 11) is -3.68. The molecule has 0 radical (unpaired) electrons. The van der Waals surface area contributed by atoms with Crippen LogP contribution in [0.3, 0.4) is 0 Å². The summed E-state index contributed by atoms with van der Waals surface area (Å²) in [5.41, 5.74) is 2.92. The number of hydrogen-bond acceptors (Lipinski definition) is 5. The number of aromatic hydroxyl groups is 1. The number of nitrogens with zero attached hydrogens (tertiary/aromatic N) is 3. The number of anilines is 2. The largest absolute Gasteiger partial charge is 0.508 e. The second kappa shape index (κ2) is 8.79. The molecule has 1 N–H and O–H groups in total. The number of hydrogen-bond donors (Lipinski definition) is 1. The van der Waals surface area contributed by atoms with E-state index in [1.807, 2.05) is 20.8 Å². The highest BCUT2D eigenvalue weighted by atomic mass is 35.5. The summed E-state index contributed by atoms with van der Waals surface area (Å²) in [6, 6.07) is 11.8. The first-order chi connectivity index (χ1) is 14.1. The first kappa shape index (κ1) is 22.3. The number of aromatic nitrogens is 1. The van der Waals surface area contributed by atoms with Crippen LogP contribution in [0, 0.1) is 6.92 Å². The molecular weight excluding hydrogens is 422 g/mol. The molecule has 6 nitrogen and oxygen atoms in total. The number of fused-ring (bicyclic) bond motifs is 1. The molecule has 0 fully saturated rings. The number of benzene rings is 2. The molecule has 0 amide bonds. The van der Waals surface area contributed by atoms with Gasteiger partial charge in [0.25, 0.3) is 0 Å². The van der Waals surface area contributed by atoms with Crippen LogP contribution < -0.4 is 4.31 Å². The first-order valence-electron chi connectivity index (χ1n) is 9.75. The number of pyridine rings is 1. The molecule has 0 aliphatic carbocycles. The topological polar surface area (TPSA) is 73.7 Å². The number of rotatable bonds is 7. The van der Waals surface area contributed by atoms with E-state index in [4.69, 9.17) is 11.6 Å². The fourth-order valence-corrected chi connectivity index (χ4v) is 4.67. The van der Waals surface area contributed by atoms with Gasteiger partial charge in [-0.3, -0.25) is 9.88 Å². The van der Waals surface area contributed by atoms with Crippen LogP contribution in [0.2, 0.25) is 5.02 Å². The number of halogens is 1. The van der Waals surface area contributed by atoms with Gasteiger partial charge in [0.2, 0.25) is 10.0 Å². The summed E-state index contributed by atoms with van der Waals surface area (Å²) in [5.74, 6) is 0.140. The van der Waals surface area contributed by atoms with Gasteiger partial charge in [-0.05, 0) is 62.5 Å². The molecule has 3 rings (SSSR count). The Kier molecular flexibility index (Phi) is 6.55. The minimum absolute atomic E-state index is 0.140. The van der Waals surface area contributed by atoms with Crippen LogP contribution in [0.1, 0.15) is 25.1 Å². The second-order valence-electron chi connectivity index (χ2n) is 7.25. The van der Waals surface area contributed by atoms with Crippen molar-refractivity contribution in [1.29, 1.82) is 0 Å². The lowest BCUT2D eigenvalue weighted by Crippen LogP contribution is -2.26. The van der Waals surface area contributed by atoms with Gasteiger partial charge in [-0.1, -0.05) is 25.4 Å². The minimum Gasteiger partial charge on any atom is -0.508 e. The summed E-state index contributed by atoms with van der Waals surface area (Å²) in [6.07, 6.45) is 1.17. The molecule has 1 heterocycles. The molecule has 0 saturated carbocycles. The summed E-state index contributed by atoms with van der Waals surface area (Å²) in [4.78, 5) is 6.65. The molecule has 0 spiro atoms. The maximum absolute atomic E-state index is 12.9. The van der Waals surface area contributed by atoms with E-state index in [0.717, 1.165) is 13.1 Å². The monoisotopic (exact) mass is 447 g/mol. The smallest absolute Gasteiger partial charge is 0.236 e. The highest BCUT2D eigenvalue weighted by Gasteiger charge is 2.24. The predicted octanol–water partition coefficient (Wildman–Crippen LogP) is 4.84. The third-order valence-corrected chi connectivity index (χ3v) is 6.32. The van der Waals surface area contributed by atoms with Gasteiger partial charge in [-0.15, -0.1) is 0 Å². The van der Waals surface area contributed by atoms with E-state index in [2.05, 4.69) is 9.88 Å². The predicted molar refractivity (Wildman–Crippen MR) is 123 cm³/mol. The van der Waals surface area contributed by atoms with Crippen LogP contribution in [0.15, 0.2) is 42.5 Å². The fraction of sp³-hybridized carbons (Fsp3) is 0.318. The van der Waals surface area contributed by atoms with Gasteiger partial charge in [0, 0.05) is 28.2 Å². The normalized spacial score (nSPS) is 11.9. The van der Waals surface area contributed by atoms with Crippen molar-refractivity contribution in [3.05, 3.63) is 58.7 Å². The van der Waals surface area contributed by atoms with E-state index in [0.29, 0.717) is 45.1 Å². The Morgan fingerprint density at radius 2 is 1.77 bits per heavy atom.